The van der Waals surface area contributed by atoms with Crippen molar-refractivity contribution < 1.29 is 9.90 Å². The summed E-state index contributed by atoms with van der Waals surface area (Å²) in [7, 11) is 2.08. The number of fused-ring (bicyclic) bond motifs is 1. The molecule has 2 heterocycles. The molecule has 0 aliphatic heterocycles. The van der Waals surface area contributed by atoms with Gasteiger partial charge in [-0.2, -0.15) is 0 Å². The summed E-state index contributed by atoms with van der Waals surface area (Å²) in [6, 6.07) is 6.27. The van der Waals surface area contributed by atoms with Gasteiger partial charge in [0.15, 0.2) is 0 Å². The third-order valence-corrected chi connectivity index (χ3v) is 3.91. The first-order chi connectivity index (χ1) is 9.16. The number of nitrogens with zero attached hydrogens (tertiary/aromatic N) is 3. The highest BCUT2D eigenvalue weighted by Gasteiger charge is 2.24. The van der Waals surface area contributed by atoms with Crippen LogP contribution in [0.25, 0.3) is 5.52 Å². The minimum Gasteiger partial charge on any atom is -0.475 e. The fourth-order valence-corrected chi connectivity index (χ4v) is 2.56. The van der Waals surface area contributed by atoms with Gasteiger partial charge >= 0.3 is 5.97 Å². The molecule has 5 heteroatoms. The third-order valence-electron chi connectivity index (χ3n) is 3.91. The highest BCUT2D eigenvalue weighted by atomic mass is 16.4. The van der Waals surface area contributed by atoms with Gasteiger partial charge in [-0.1, -0.05) is 12.5 Å². The highest BCUT2D eigenvalue weighted by molar-refractivity contribution is 5.85. The lowest BCUT2D eigenvalue weighted by Gasteiger charge is -2.34. The van der Waals surface area contributed by atoms with Crippen molar-refractivity contribution in [3.05, 3.63) is 35.9 Å². The average molecular weight is 259 g/mol. The predicted octanol–water partition coefficient (Wildman–Crippen LogP) is 2.02. The van der Waals surface area contributed by atoms with E-state index in [1.165, 1.54) is 19.3 Å². The van der Waals surface area contributed by atoms with Crippen molar-refractivity contribution >= 4 is 11.5 Å². The standard InChI is InChI=1S/C14H17N3O2/c1-16(10-5-4-6-10)9-11-12-7-2-3-8-17(12)13(15-11)14(18)19/h2-3,7-8,10H,4-6,9H2,1H3,(H,18,19). The van der Waals surface area contributed by atoms with Gasteiger partial charge in [0.25, 0.3) is 0 Å². The zero-order valence-corrected chi connectivity index (χ0v) is 10.9. The number of carboxylic acid groups (broad SMARTS) is 1. The maximum atomic E-state index is 11.2. The number of imidazole rings is 1. The Balaban J connectivity index is 1.96. The molecule has 0 unspecified atom stereocenters. The molecule has 0 saturated heterocycles. The largest absolute Gasteiger partial charge is 0.475 e. The summed E-state index contributed by atoms with van der Waals surface area (Å²) in [6.07, 6.45) is 5.50. The normalized spacial score (nSPS) is 15.9. The number of hydrogen-bond donors (Lipinski definition) is 1. The van der Waals surface area contributed by atoms with Crippen LogP contribution in [0.15, 0.2) is 24.4 Å². The van der Waals surface area contributed by atoms with E-state index in [4.69, 9.17) is 0 Å². The molecule has 100 valence electrons. The topological polar surface area (TPSA) is 57.8 Å². The van der Waals surface area contributed by atoms with Gasteiger partial charge in [0.05, 0.1) is 11.2 Å². The quantitative estimate of drug-likeness (QED) is 0.912. The first kappa shape index (κ1) is 12.2. The molecule has 3 rings (SSSR count). The molecule has 1 aliphatic carbocycles. The van der Waals surface area contributed by atoms with Crippen LogP contribution in [-0.4, -0.2) is 38.4 Å². The van der Waals surface area contributed by atoms with Crippen LogP contribution < -0.4 is 0 Å². The Bertz CT molecular complexity index is 616. The monoisotopic (exact) mass is 259 g/mol. The SMILES string of the molecule is CN(Cc1nc(C(=O)O)n2ccccc12)C1CCC1. The Hall–Kier alpha value is -1.88. The summed E-state index contributed by atoms with van der Waals surface area (Å²) in [5.41, 5.74) is 1.72. The molecule has 0 bridgehead atoms. The van der Waals surface area contributed by atoms with Gasteiger partial charge in [-0.25, -0.2) is 9.78 Å². The molecule has 0 spiro atoms. The Kier molecular flexibility index (Phi) is 2.98. The van der Waals surface area contributed by atoms with Crippen LogP contribution in [0.4, 0.5) is 0 Å². The summed E-state index contributed by atoms with van der Waals surface area (Å²) in [6.45, 7) is 0.700. The minimum atomic E-state index is -0.987. The Labute approximate surface area is 111 Å². The fraction of sp³-hybridized carbons (Fsp3) is 0.429. The van der Waals surface area contributed by atoms with Crippen LogP contribution in [0.5, 0.6) is 0 Å². The van der Waals surface area contributed by atoms with Crippen LogP contribution in [0.2, 0.25) is 0 Å². The molecule has 19 heavy (non-hydrogen) atoms. The zero-order valence-electron chi connectivity index (χ0n) is 10.9. The van der Waals surface area contributed by atoms with E-state index in [1.54, 1.807) is 10.6 Å². The van der Waals surface area contributed by atoms with Crippen LogP contribution in [0.3, 0.4) is 0 Å². The van der Waals surface area contributed by atoms with Gasteiger partial charge in [0, 0.05) is 18.8 Å². The lowest BCUT2D eigenvalue weighted by molar-refractivity contribution is 0.0682. The van der Waals surface area contributed by atoms with Crippen LogP contribution in [-0.2, 0) is 6.54 Å². The molecule has 2 aromatic rings. The summed E-state index contributed by atoms with van der Waals surface area (Å²) < 4.78 is 1.65. The Morgan fingerprint density at radius 2 is 2.32 bits per heavy atom. The second-order valence-corrected chi connectivity index (χ2v) is 5.14. The second kappa shape index (κ2) is 4.66. The van der Waals surface area contributed by atoms with Crippen molar-refractivity contribution in [2.75, 3.05) is 7.05 Å². The minimum absolute atomic E-state index is 0.0904. The molecular formula is C14H17N3O2. The first-order valence-electron chi connectivity index (χ1n) is 6.56. The van der Waals surface area contributed by atoms with Crippen molar-refractivity contribution in [1.82, 2.24) is 14.3 Å². The molecule has 1 fully saturated rings. The molecule has 5 nitrogen and oxygen atoms in total. The summed E-state index contributed by atoms with van der Waals surface area (Å²) in [5.74, 6) is -0.897. The van der Waals surface area contributed by atoms with E-state index in [9.17, 15) is 9.90 Å². The lowest BCUT2D eigenvalue weighted by Crippen LogP contribution is -2.36. The van der Waals surface area contributed by atoms with E-state index in [2.05, 4.69) is 16.9 Å². The molecular weight excluding hydrogens is 242 g/mol. The van der Waals surface area contributed by atoms with E-state index in [0.29, 0.717) is 12.6 Å². The Morgan fingerprint density at radius 1 is 1.53 bits per heavy atom. The maximum absolute atomic E-state index is 11.2. The summed E-state index contributed by atoms with van der Waals surface area (Å²) in [5, 5.41) is 9.20. The maximum Gasteiger partial charge on any atom is 0.372 e. The van der Waals surface area contributed by atoms with Gasteiger partial charge < -0.3 is 5.11 Å². The molecule has 1 saturated carbocycles. The fourth-order valence-electron chi connectivity index (χ4n) is 2.56. The molecule has 1 aliphatic rings. The Morgan fingerprint density at radius 3 is 2.95 bits per heavy atom. The van der Waals surface area contributed by atoms with Crippen LogP contribution in [0, 0.1) is 0 Å². The number of hydrogen-bond acceptors (Lipinski definition) is 3. The number of carbonyl (C=O) groups is 1. The van der Waals surface area contributed by atoms with E-state index in [1.807, 2.05) is 18.2 Å². The average Bonchev–Trinajstić information content (AvgIpc) is 2.66. The molecule has 0 amide bonds. The molecule has 0 radical (unpaired) electrons. The van der Waals surface area contributed by atoms with Crippen molar-refractivity contribution in [2.24, 2.45) is 0 Å². The van der Waals surface area contributed by atoms with E-state index >= 15 is 0 Å². The van der Waals surface area contributed by atoms with Crippen molar-refractivity contribution in [3.63, 3.8) is 0 Å². The number of pyridine rings is 1. The van der Waals surface area contributed by atoms with E-state index in [-0.39, 0.29) is 5.82 Å². The molecule has 0 aromatic carbocycles. The van der Waals surface area contributed by atoms with Crippen LogP contribution >= 0.6 is 0 Å². The van der Waals surface area contributed by atoms with E-state index in [0.717, 1.165) is 11.2 Å². The smallest absolute Gasteiger partial charge is 0.372 e. The molecule has 0 atom stereocenters. The summed E-state index contributed by atoms with van der Waals surface area (Å²) >= 11 is 0. The van der Waals surface area contributed by atoms with Crippen molar-refractivity contribution in [1.29, 1.82) is 0 Å². The van der Waals surface area contributed by atoms with Crippen LogP contribution in [0.1, 0.15) is 35.6 Å². The predicted molar refractivity (Wildman–Crippen MR) is 71.3 cm³/mol. The first-order valence-corrected chi connectivity index (χ1v) is 6.56. The number of aromatic nitrogens is 2. The van der Waals surface area contributed by atoms with Gasteiger partial charge in [-0.15, -0.1) is 0 Å². The lowest BCUT2D eigenvalue weighted by atomic mass is 9.92. The second-order valence-electron chi connectivity index (χ2n) is 5.14. The number of aromatic carboxylic acids is 1. The third kappa shape index (κ3) is 2.10. The van der Waals surface area contributed by atoms with Gasteiger partial charge in [0.2, 0.25) is 5.82 Å². The van der Waals surface area contributed by atoms with Gasteiger partial charge in [0.1, 0.15) is 0 Å². The van der Waals surface area contributed by atoms with Gasteiger partial charge in [-0.3, -0.25) is 9.30 Å². The summed E-state index contributed by atoms with van der Waals surface area (Å²) in [4.78, 5) is 17.8. The number of carboxylic acids is 1. The molecule has 1 N–H and O–H groups in total. The van der Waals surface area contributed by atoms with Gasteiger partial charge in [-0.05, 0) is 32.0 Å². The highest BCUT2D eigenvalue weighted by Crippen LogP contribution is 2.25. The molecule has 2 aromatic heterocycles. The van der Waals surface area contributed by atoms with Crippen molar-refractivity contribution in [2.45, 2.75) is 31.8 Å². The zero-order chi connectivity index (χ0) is 13.4. The van der Waals surface area contributed by atoms with E-state index < -0.39 is 5.97 Å². The number of rotatable bonds is 4. The van der Waals surface area contributed by atoms with Crippen molar-refractivity contribution in [3.8, 4) is 0 Å².